The van der Waals surface area contributed by atoms with Crippen LogP contribution in [-0.2, 0) is 0 Å². The zero-order valence-corrected chi connectivity index (χ0v) is 10.9. The van der Waals surface area contributed by atoms with Crippen LogP contribution in [-0.4, -0.2) is 5.11 Å². The van der Waals surface area contributed by atoms with Gasteiger partial charge in [0.15, 0.2) is 0 Å². The Balaban J connectivity index is 3.15. The third kappa shape index (κ3) is 2.50. The Morgan fingerprint density at radius 3 is 2.43 bits per heavy atom. The second-order valence-electron chi connectivity index (χ2n) is 3.81. The van der Waals surface area contributed by atoms with E-state index in [4.69, 9.17) is 11.6 Å². The molecule has 1 N–H and O–H groups in total. The minimum absolute atomic E-state index is 0.200. The van der Waals surface area contributed by atoms with E-state index in [2.05, 4.69) is 15.9 Å². The Morgan fingerprint density at radius 1 is 1.36 bits per heavy atom. The fourth-order valence-corrected chi connectivity index (χ4v) is 1.97. The quantitative estimate of drug-likeness (QED) is 0.863. The number of hydrogen-bond acceptors (Lipinski definition) is 1. The molecule has 78 valence electrons. The van der Waals surface area contributed by atoms with Gasteiger partial charge in [0.2, 0.25) is 0 Å². The zero-order chi connectivity index (χ0) is 10.9. The first-order chi connectivity index (χ1) is 6.43. The van der Waals surface area contributed by atoms with E-state index in [1.54, 1.807) is 0 Å². The largest absolute Gasteiger partial charge is 0.388 e. The minimum Gasteiger partial charge on any atom is -0.388 e. The van der Waals surface area contributed by atoms with Crippen molar-refractivity contribution in [3.8, 4) is 0 Å². The highest BCUT2D eigenvalue weighted by atomic mass is 79.9. The summed E-state index contributed by atoms with van der Waals surface area (Å²) < 4.78 is 0.872. The molecular formula is C11H14BrClO. The highest BCUT2D eigenvalue weighted by Gasteiger charge is 2.15. The van der Waals surface area contributed by atoms with E-state index in [9.17, 15) is 5.11 Å². The van der Waals surface area contributed by atoms with Crippen molar-refractivity contribution in [1.29, 1.82) is 0 Å². The number of rotatable bonds is 2. The molecule has 1 atom stereocenters. The Morgan fingerprint density at radius 2 is 1.93 bits per heavy atom. The second-order valence-corrected chi connectivity index (χ2v) is 5.07. The van der Waals surface area contributed by atoms with Crippen molar-refractivity contribution in [3.63, 3.8) is 0 Å². The van der Waals surface area contributed by atoms with Crippen LogP contribution in [0.3, 0.4) is 0 Å². The summed E-state index contributed by atoms with van der Waals surface area (Å²) >= 11 is 9.33. The van der Waals surface area contributed by atoms with Gasteiger partial charge in [0, 0.05) is 4.47 Å². The van der Waals surface area contributed by atoms with Crippen molar-refractivity contribution in [2.75, 3.05) is 0 Å². The lowest BCUT2D eigenvalue weighted by Gasteiger charge is -2.18. The third-order valence-electron chi connectivity index (χ3n) is 2.26. The van der Waals surface area contributed by atoms with Gasteiger partial charge in [-0.05, 0) is 52.0 Å². The van der Waals surface area contributed by atoms with Crippen molar-refractivity contribution in [1.82, 2.24) is 0 Å². The maximum absolute atomic E-state index is 9.92. The minimum atomic E-state index is -0.444. The van der Waals surface area contributed by atoms with Gasteiger partial charge in [0.25, 0.3) is 0 Å². The lowest BCUT2D eigenvalue weighted by molar-refractivity contribution is 0.126. The molecule has 0 saturated carbocycles. The maximum Gasteiger partial charge on any atom is 0.0816 e. The topological polar surface area (TPSA) is 20.2 Å². The molecule has 0 heterocycles. The van der Waals surface area contributed by atoms with Gasteiger partial charge in [0.05, 0.1) is 11.1 Å². The summed E-state index contributed by atoms with van der Waals surface area (Å²) in [6.07, 6.45) is -0.444. The molecule has 1 nitrogen and oxygen atoms in total. The number of aliphatic hydroxyl groups excluding tert-OH is 1. The van der Waals surface area contributed by atoms with E-state index in [-0.39, 0.29) is 5.92 Å². The zero-order valence-electron chi connectivity index (χ0n) is 8.51. The average Bonchev–Trinajstić information content (AvgIpc) is 2.10. The summed E-state index contributed by atoms with van der Waals surface area (Å²) in [5.41, 5.74) is 1.97. The summed E-state index contributed by atoms with van der Waals surface area (Å²) in [6, 6.07) is 3.76. The summed E-state index contributed by atoms with van der Waals surface area (Å²) in [6.45, 7) is 5.95. The number of halogens is 2. The first-order valence-corrected chi connectivity index (χ1v) is 5.74. The Bertz CT molecular complexity index is 336. The summed E-state index contributed by atoms with van der Waals surface area (Å²) in [4.78, 5) is 0. The summed E-state index contributed by atoms with van der Waals surface area (Å²) in [5, 5.41) is 10.6. The van der Waals surface area contributed by atoms with Gasteiger partial charge in [-0.1, -0.05) is 25.4 Å². The van der Waals surface area contributed by atoms with Gasteiger partial charge >= 0.3 is 0 Å². The maximum atomic E-state index is 9.92. The van der Waals surface area contributed by atoms with Crippen molar-refractivity contribution >= 4 is 27.5 Å². The van der Waals surface area contributed by atoms with Gasteiger partial charge < -0.3 is 5.11 Å². The fraction of sp³-hybridized carbons (Fsp3) is 0.455. The molecule has 3 heteroatoms. The molecule has 1 rings (SSSR count). The predicted molar refractivity (Wildman–Crippen MR) is 63.7 cm³/mol. The number of benzene rings is 1. The van der Waals surface area contributed by atoms with Gasteiger partial charge in [-0.25, -0.2) is 0 Å². The normalized spacial score (nSPS) is 13.4. The first-order valence-electron chi connectivity index (χ1n) is 4.57. The van der Waals surface area contributed by atoms with Crippen molar-refractivity contribution in [2.45, 2.75) is 26.9 Å². The first kappa shape index (κ1) is 12.0. The highest BCUT2D eigenvalue weighted by Crippen LogP contribution is 2.31. The molecule has 14 heavy (non-hydrogen) atoms. The van der Waals surface area contributed by atoms with E-state index in [1.807, 2.05) is 32.9 Å². The predicted octanol–water partition coefficient (Wildman–Crippen LogP) is 4.10. The number of aryl methyl sites for hydroxylation is 1. The fourth-order valence-electron chi connectivity index (χ4n) is 1.34. The molecule has 0 bridgehead atoms. The van der Waals surface area contributed by atoms with Crippen molar-refractivity contribution in [3.05, 3.63) is 32.8 Å². The Kier molecular flexibility index (Phi) is 3.99. The lowest BCUT2D eigenvalue weighted by atomic mass is 9.95. The molecule has 0 radical (unpaired) electrons. The molecule has 0 amide bonds. The molecule has 0 aliphatic carbocycles. The van der Waals surface area contributed by atoms with Crippen LogP contribution in [0.1, 0.15) is 31.1 Å². The highest BCUT2D eigenvalue weighted by molar-refractivity contribution is 9.10. The van der Waals surface area contributed by atoms with Crippen LogP contribution >= 0.6 is 27.5 Å². The van der Waals surface area contributed by atoms with E-state index >= 15 is 0 Å². The molecule has 1 aromatic rings. The number of aliphatic hydroxyl groups is 1. The molecule has 1 aromatic carbocycles. The summed E-state index contributed by atoms with van der Waals surface area (Å²) in [7, 11) is 0. The molecule has 0 fully saturated rings. The van der Waals surface area contributed by atoms with E-state index < -0.39 is 6.10 Å². The van der Waals surface area contributed by atoms with Crippen LogP contribution < -0.4 is 0 Å². The van der Waals surface area contributed by atoms with Crippen LogP contribution in [0.2, 0.25) is 5.02 Å². The lowest BCUT2D eigenvalue weighted by Crippen LogP contribution is -2.07. The molecule has 1 unspecified atom stereocenters. The molecular weight excluding hydrogens is 263 g/mol. The van der Waals surface area contributed by atoms with Crippen molar-refractivity contribution in [2.24, 2.45) is 5.92 Å². The van der Waals surface area contributed by atoms with Gasteiger partial charge in [-0.2, -0.15) is 0 Å². The van der Waals surface area contributed by atoms with Gasteiger partial charge in [0.1, 0.15) is 0 Å². The average molecular weight is 278 g/mol. The monoisotopic (exact) mass is 276 g/mol. The van der Waals surface area contributed by atoms with Crippen LogP contribution in [0.25, 0.3) is 0 Å². The number of hydrogen-bond donors (Lipinski definition) is 1. The summed E-state index contributed by atoms with van der Waals surface area (Å²) in [5.74, 6) is 0.200. The van der Waals surface area contributed by atoms with Crippen LogP contribution in [0.5, 0.6) is 0 Å². The van der Waals surface area contributed by atoms with Crippen LogP contribution in [0, 0.1) is 12.8 Å². The SMILES string of the molecule is Cc1cc(Br)c(Cl)cc1C(O)C(C)C. The van der Waals surface area contributed by atoms with Gasteiger partial charge in [-0.15, -0.1) is 0 Å². The Labute approximate surface area is 98.2 Å². The van der Waals surface area contributed by atoms with Crippen LogP contribution in [0.15, 0.2) is 16.6 Å². The van der Waals surface area contributed by atoms with Crippen LogP contribution in [0.4, 0.5) is 0 Å². The van der Waals surface area contributed by atoms with E-state index in [0.717, 1.165) is 15.6 Å². The Hall–Kier alpha value is -0.0500. The molecule has 0 aromatic heterocycles. The standard InChI is InChI=1S/C11H14BrClO/c1-6(2)11(14)8-5-10(13)9(12)4-7(8)3/h4-6,11,14H,1-3H3. The third-order valence-corrected chi connectivity index (χ3v) is 3.46. The van der Waals surface area contributed by atoms with Gasteiger partial charge in [-0.3, -0.25) is 0 Å². The molecule has 0 aliphatic heterocycles. The van der Waals surface area contributed by atoms with E-state index in [0.29, 0.717) is 5.02 Å². The molecule has 0 aliphatic rings. The van der Waals surface area contributed by atoms with E-state index in [1.165, 1.54) is 0 Å². The molecule has 0 spiro atoms. The smallest absolute Gasteiger partial charge is 0.0816 e. The van der Waals surface area contributed by atoms with Crippen molar-refractivity contribution < 1.29 is 5.11 Å². The molecule has 0 saturated heterocycles. The second kappa shape index (κ2) is 4.65.